The second-order valence-corrected chi connectivity index (χ2v) is 7.93. The molecule has 1 N–H and O–H groups in total. The molecule has 0 unspecified atom stereocenters. The first-order chi connectivity index (χ1) is 13.0. The van der Waals surface area contributed by atoms with Crippen LogP contribution in [0.5, 0.6) is 5.75 Å². The molecule has 0 saturated heterocycles. The SMILES string of the molecule is CN(Cc1cccc(Cl)c1)C(=O)CNS(=O)(=O)c1ccc(OC(F)(F)F)cc1. The van der Waals surface area contributed by atoms with Crippen LogP contribution in [0.1, 0.15) is 5.56 Å². The van der Waals surface area contributed by atoms with Gasteiger partial charge in [0.2, 0.25) is 15.9 Å². The molecule has 2 aromatic rings. The van der Waals surface area contributed by atoms with E-state index in [2.05, 4.69) is 9.46 Å². The predicted molar refractivity (Wildman–Crippen MR) is 96.2 cm³/mol. The molecule has 0 aliphatic carbocycles. The van der Waals surface area contributed by atoms with Crippen LogP contribution in [-0.2, 0) is 21.4 Å². The Bertz CT molecular complexity index is 934. The van der Waals surface area contributed by atoms with E-state index in [0.717, 1.165) is 29.8 Å². The normalized spacial score (nSPS) is 11.9. The summed E-state index contributed by atoms with van der Waals surface area (Å²) < 4.78 is 66.6. The highest BCUT2D eigenvalue weighted by Crippen LogP contribution is 2.23. The van der Waals surface area contributed by atoms with Gasteiger partial charge in [0.25, 0.3) is 0 Å². The third-order valence-corrected chi connectivity index (χ3v) is 5.17. The third kappa shape index (κ3) is 6.70. The molecule has 0 bridgehead atoms. The Hall–Kier alpha value is -2.30. The molecule has 0 atom stereocenters. The van der Waals surface area contributed by atoms with Gasteiger partial charge in [-0.1, -0.05) is 23.7 Å². The first-order valence-electron chi connectivity index (χ1n) is 7.80. The number of sulfonamides is 1. The maximum absolute atomic E-state index is 12.2. The number of rotatable bonds is 7. The van der Waals surface area contributed by atoms with Crippen molar-refractivity contribution in [3.8, 4) is 5.75 Å². The molecule has 0 radical (unpaired) electrons. The van der Waals surface area contributed by atoms with Crippen molar-refractivity contribution in [3.05, 3.63) is 59.1 Å². The van der Waals surface area contributed by atoms with Gasteiger partial charge in [-0.15, -0.1) is 13.2 Å². The summed E-state index contributed by atoms with van der Waals surface area (Å²) in [6.07, 6.45) is -4.88. The van der Waals surface area contributed by atoms with Crippen molar-refractivity contribution in [1.29, 1.82) is 0 Å². The summed E-state index contributed by atoms with van der Waals surface area (Å²) in [4.78, 5) is 13.2. The molecule has 0 saturated carbocycles. The fourth-order valence-electron chi connectivity index (χ4n) is 2.19. The molecule has 1 amide bonds. The number of hydrogen-bond acceptors (Lipinski definition) is 4. The molecular formula is C17H16ClF3N2O4S. The predicted octanol–water partition coefficient (Wildman–Crippen LogP) is 3.18. The summed E-state index contributed by atoms with van der Waals surface area (Å²) in [5, 5.41) is 0.511. The van der Waals surface area contributed by atoms with Crippen molar-refractivity contribution in [2.24, 2.45) is 0 Å². The first-order valence-corrected chi connectivity index (χ1v) is 9.66. The molecule has 0 heterocycles. The lowest BCUT2D eigenvalue weighted by molar-refractivity contribution is -0.274. The van der Waals surface area contributed by atoms with Crippen LogP contribution in [0.2, 0.25) is 5.02 Å². The fourth-order valence-corrected chi connectivity index (χ4v) is 3.38. The monoisotopic (exact) mass is 436 g/mol. The van der Waals surface area contributed by atoms with E-state index >= 15 is 0 Å². The zero-order valence-corrected chi connectivity index (χ0v) is 16.1. The third-order valence-electron chi connectivity index (χ3n) is 3.52. The Morgan fingerprint density at radius 2 is 1.82 bits per heavy atom. The second kappa shape index (κ2) is 8.80. The molecule has 0 fully saturated rings. The molecular weight excluding hydrogens is 421 g/mol. The summed E-state index contributed by atoms with van der Waals surface area (Å²) >= 11 is 5.88. The van der Waals surface area contributed by atoms with Crippen molar-refractivity contribution >= 4 is 27.5 Å². The van der Waals surface area contributed by atoms with Gasteiger partial charge in [0.05, 0.1) is 11.4 Å². The first kappa shape index (κ1) is 22.0. The summed E-state index contributed by atoms with van der Waals surface area (Å²) in [5.74, 6) is -1.05. The van der Waals surface area contributed by atoms with Crippen LogP contribution in [0.15, 0.2) is 53.4 Å². The maximum Gasteiger partial charge on any atom is 0.573 e. The van der Waals surface area contributed by atoms with Crippen LogP contribution in [0.4, 0.5) is 13.2 Å². The average Bonchev–Trinajstić information content (AvgIpc) is 2.59. The minimum Gasteiger partial charge on any atom is -0.406 e. The van der Waals surface area contributed by atoms with E-state index < -0.39 is 34.6 Å². The van der Waals surface area contributed by atoms with Crippen LogP contribution in [0.3, 0.4) is 0 Å². The molecule has 2 rings (SSSR count). The lowest BCUT2D eigenvalue weighted by Gasteiger charge is -2.18. The molecule has 0 aromatic heterocycles. The Kier molecular flexibility index (Phi) is 6.91. The Labute approximate surface area is 164 Å². The molecule has 0 aliphatic heterocycles. The van der Waals surface area contributed by atoms with Crippen LogP contribution in [0, 0.1) is 0 Å². The standard InChI is InChI=1S/C17H16ClF3N2O4S/c1-23(11-12-3-2-4-13(18)9-12)16(24)10-22-28(25,26)15-7-5-14(6-8-15)27-17(19,20)21/h2-9,22H,10-11H2,1H3. The summed E-state index contributed by atoms with van der Waals surface area (Å²) in [7, 11) is -2.58. The summed E-state index contributed by atoms with van der Waals surface area (Å²) in [6, 6.07) is 10.5. The molecule has 6 nitrogen and oxygen atoms in total. The van der Waals surface area contributed by atoms with Gasteiger partial charge >= 0.3 is 6.36 Å². The molecule has 152 valence electrons. The van der Waals surface area contributed by atoms with Crippen molar-refractivity contribution in [3.63, 3.8) is 0 Å². The van der Waals surface area contributed by atoms with E-state index in [9.17, 15) is 26.4 Å². The summed E-state index contributed by atoms with van der Waals surface area (Å²) in [5.41, 5.74) is 0.770. The van der Waals surface area contributed by atoms with Crippen molar-refractivity contribution in [2.75, 3.05) is 13.6 Å². The highest BCUT2D eigenvalue weighted by atomic mass is 35.5. The smallest absolute Gasteiger partial charge is 0.406 e. The minimum absolute atomic E-state index is 0.227. The van der Waals surface area contributed by atoms with Gasteiger partial charge in [0, 0.05) is 18.6 Å². The van der Waals surface area contributed by atoms with Gasteiger partial charge in [0.15, 0.2) is 0 Å². The zero-order chi connectivity index (χ0) is 20.9. The average molecular weight is 437 g/mol. The number of carbonyl (C=O) groups excluding carboxylic acids is 1. The van der Waals surface area contributed by atoms with Gasteiger partial charge in [0.1, 0.15) is 5.75 Å². The molecule has 0 spiro atoms. The number of alkyl halides is 3. The lowest BCUT2D eigenvalue weighted by atomic mass is 10.2. The molecule has 28 heavy (non-hydrogen) atoms. The molecule has 11 heteroatoms. The van der Waals surface area contributed by atoms with Crippen LogP contribution in [0.25, 0.3) is 0 Å². The number of ether oxygens (including phenoxy) is 1. The van der Waals surface area contributed by atoms with E-state index in [1.54, 1.807) is 24.3 Å². The van der Waals surface area contributed by atoms with E-state index in [1.165, 1.54) is 11.9 Å². The number of hydrogen-bond donors (Lipinski definition) is 1. The van der Waals surface area contributed by atoms with Crippen molar-refractivity contribution in [2.45, 2.75) is 17.8 Å². The van der Waals surface area contributed by atoms with Crippen molar-refractivity contribution < 1.29 is 31.1 Å². The lowest BCUT2D eigenvalue weighted by Crippen LogP contribution is -2.37. The number of carbonyl (C=O) groups is 1. The number of nitrogens with zero attached hydrogens (tertiary/aromatic N) is 1. The van der Waals surface area contributed by atoms with Gasteiger partial charge in [-0.2, -0.15) is 0 Å². The van der Waals surface area contributed by atoms with E-state index in [4.69, 9.17) is 11.6 Å². The Morgan fingerprint density at radius 3 is 2.39 bits per heavy atom. The Morgan fingerprint density at radius 1 is 1.18 bits per heavy atom. The van der Waals surface area contributed by atoms with Gasteiger partial charge < -0.3 is 9.64 Å². The molecule has 2 aromatic carbocycles. The van der Waals surface area contributed by atoms with E-state index in [1.807, 2.05) is 0 Å². The van der Waals surface area contributed by atoms with Gasteiger partial charge in [-0.3, -0.25) is 4.79 Å². The van der Waals surface area contributed by atoms with Crippen LogP contribution >= 0.6 is 11.6 Å². The summed E-state index contributed by atoms with van der Waals surface area (Å²) in [6.45, 7) is -0.287. The quantitative estimate of drug-likeness (QED) is 0.723. The van der Waals surface area contributed by atoms with Gasteiger partial charge in [-0.25, -0.2) is 13.1 Å². The van der Waals surface area contributed by atoms with Crippen LogP contribution < -0.4 is 9.46 Å². The minimum atomic E-state index is -4.88. The number of halogens is 4. The largest absolute Gasteiger partial charge is 0.573 e. The fraction of sp³-hybridized carbons (Fsp3) is 0.235. The second-order valence-electron chi connectivity index (χ2n) is 5.72. The highest BCUT2D eigenvalue weighted by molar-refractivity contribution is 7.89. The topological polar surface area (TPSA) is 75.7 Å². The van der Waals surface area contributed by atoms with Crippen molar-refractivity contribution in [1.82, 2.24) is 9.62 Å². The highest BCUT2D eigenvalue weighted by Gasteiger charge is 2.31. The number of likely N-dealkylation sites (N-methyl/N-ethyl adjacent to an activating group) is 1. The number of benzene rings is 2. The Balaban J connectivity index is 1.95. The van der Waals surface area contributed by atoms with Crippen LogP contribution in [-0.4, -0.2) is 39.2 Å². The van der Waals surface area contributed by atoms with E-state index in [-0.39, 0.29) is 11.4 Å². The maximum atomic E-state index is 12.2. The molecule has 0 aliphatic rings. The number of amides is 1. The number of nitrogens with one attached hydrogen (secondary N) is 1. The van der Waals surface area contributed by atoms with Gasteiger partial charge in [-0.05, 0) is 42.0 Å². The van der Waals surface area contributed by atoms with E-state index in [0.29, 0.717) is 5.02 Å². The zero-order valence-electron chi connectivity index (χ0n) is 14.5.